The summed E-state index contributed by atoms with van der Waals surface area (Å²) in [4.78, 5) is 13.6. The van der Waals surface area contributed by atoms with Gasteiger partial charge in [0.05, 0.1) is 14.2 Å². The number of halogens is 2. The first-order chi connectivity index (χ1) is 15.4. The summed E-state index contributed by atoms with van der Waals surface area (Å²) in [6.07, 6.45) is 2.36. The molecule has 3 aromatic carbocycles. The van der Waals surface area contributed by atoms with Crippen molar-refractivity contribution in [3.8, 4) is 11.5 Å². The third-order valence-corrected chi connectivity index (χ3v) is 5.98. The fourth-order valence-electron chi connectivity index (χ4n) is 4.43. The molecule has 0 saturated heterocycles. The Morgan fingerprint density at radius 2 is 1.72 bits per heavy atom. The predicted octanol–water partition coefficient (Wildman–Crippen LogP) is 6.36. The van der Waals surface area contributed by atoms with E-state index in [1.54, 1.807) is 32.4 Å². The molecule has 164 valence electrons. The lowest BCUT2D eigenvalue weighted by molar-refractivity contribution is 0.0934. The SMILES string of the molecule is COc1cccc(C2CC(c3ccc(F)c(F)c3)=CC2C(=O)c2cccc(C)c2)c1OC. The lowest BCUT2D eigenvalue weighted by atomic mass is 9.82. The monoisotopic (exact) mass is 434 g/mol. The van der Waals surface area contributed by atoms with Gasteiger partial charge in [-0.05, 0) is 48.7 Å². The van der Waals surface area contributed by atoms with Crippen molar-refractivity contribution in [1.29, 1.82) is 0 Å². The second-order valence-corrected chi connectivity index (χ2v) is 7.97. The van der Waals surface area contributed by atoms with Crippen molar-refractivity contribution >= 4 is 11.4 Å². The van der Waals surface area contributed by atoms with Gasteiger partial charge in [0, 0.05) is 23.0 Å². The molecule has 0 spiro atoms. The Labute approximate surface area is 186 Å². The van der Waals surface area contributed by atoms with Gasteiger partial charge in [-0.25, -0.2) is 8.78 Å². The van der Waals surface area contributed by atoms with Gasteiger partial charge in [0.25, 0.3) is 0 Å². The maximum absolute atomic E-state index is 13.9. The second kappa shape index (κ2) is 8.95. The number of Topliss-reactive ketones (excluding diaryl/α,β-unsaturated/α-hetero) is 1. The van der Waals surface area contributed by atoms with Crippen molar-refractivity contribution in [3.63, 3.8) is 0 Å². The number of carbonyl (C=O) groups excluding carboxylic acids is 1. The van der Waals surface area contributed by atoms with Gasteiger partial charge in [-0.2, -0.15) is 0 Å². The lowest BCUT2D eigenvalue weighted by Crippen LogP contribution is -2.18. The Morgan fingerprint density at radius 1 is 0.938 bits per heavy atom. The summed E-state index contributed by atoms with van der Waals surface area (Å²) in [5, 5.41) is 0. The minimum Gasteiger partial charge on any atom is -0.493 e. The van der Waals surface area contributed by atoms with Crippen LogP contribution in [0.1, 0.15) is 39.4 Å². The number of ether oxygens (including phenoxy) is 2. The van der Waals surface area contributed by atoms with Gasteiger partial charge in [-0.1, -0.05) is 48.0 Å². The van der Waals surface area contributed by atoms with Crippen LogP contribution in [0.25, 0.3) is 5.57 Å². The van der Waals surface area contributed by atoms with Crippen LogP contribution in [-0.4, -0.2) is 20.0 Å². The number of methoxy groups -OCH3 is 2. The zero-order valence-corrected chi connectivity index (χ0v) is 18.2. The first-order valence-corrected chi connectivity index (χ1v) is 10.4. The number of aryl methyl sites for hydroxylation is 1. The lowest BCUT2D eigenvalue weighted by Gasteiger charge is -2.22. The molecular weight excluding hydrogens is 410 g/mol. The molecule has 0 heterocycles. The molecule has 32 heavy (non-hydrogen) atoms. The van der Waals surface area contributed by atoms with Gasteiger partial charge >= 0.3 is 0 Å². The van der Waals surface area contributed by atoms with Crippen LogP contribution in [0.4, 0.5) is 8.78 Å². The highest BCUT2D eigenvalue weighted by atomic mass is 19.2. The van der Waals surface area contributed by atoms with Crippen molar-refractivity contribution in [1.82, 2.24) is 0 Å². The molecule has 3 nitrogen and oxygen atoms in total. The number of hydrogen-bond acceptors (Lipinski definition) is 3. The number of para-hydroxylation sites is 1. The summed E-state index contributed by atoms with van der Waals surface area (Å²) in [7, 11) is 3.13. The highest BCUT2D eigenvalue weighted by molar-refractivity contribution is 6.01. The Morgan fingerprint density at radius 3 is 2.41 bits per heavy atom. The van der Waals surface area contributed by atoms with Gasteiger partial charge < -0.3 is 9.47 Å². The first-order valence-electron chi connectivity index (χ1n) is 10.4. The highest BCUT2D eigenvalue weighted by Crippen LogP contribution is 2.48. The zero-order chi connectivity index (χ0) is 22.8. The fraction of sp³-hybridized carbons (Fsp3) is 0.222. The van der Waals surface area contributed by atoms with E-state index in [1.165, 1.54) is 6.07 Å². The second-order valence-electron chi connectivity index (χ2n) is 7.97. The summed E-state index contributed by atoms with van der Waals surface area (Å²) in [6.45, 7) is 1.94. The largest absolute Gasteiger partial charge is 0.493 e. The number of carbonyl (C=O) groups is 1. The quantitative estimate of drug-likeness (QED) is 0.424. The molecule has 1 aliphatic carbocycles. The van der Waals surface area contributed by atoms with Crippen molar-refractivity contribution in [3.05, 3.63) is 101 Å². The topological polar surface area (TPSA) is 35.5 Å². The average molecular weight is 434 g/mol. The summed E-state index contributed by atoms with van der Waals surface area (Å²) in [6, 6.07) is 16.9. The molecule has 0 aromatic heterocycles. The summed E-state index contributed by atoms with van der Waals surface area (Å²) < 4.78 is 38.5. The third kappa shape index (κ3) is 4.03. The molecule has 3 aromatic rings. The molecule has 0 radical (unpaired) electrons. The van der Waals surface area contributed by atoms with Gasteiger partial charge in [-0.3, -0.25) is 4.79 Å². The van der Waals surface area contributed by atoms with E-state index in [9.17, 15) is 13.6 Å². The molecule has 1 aliphatic rings. The predicted molar refractivity (Wildman–Crippen MR) is 120 cm³/mol. The summed E-state index contributed by atoms with van der Waals surface area (Å²) in [5.41, 5.74) is 3.81. The Balaban J connectivity index is 1.81. The third-order valence-electron chi connectivity index (χ3n) is 5.98. The molecule has 0 fully saturated rings. The van der Waals surface area contributed by atoms with Crippen LogP contribution >= 0.6 is 0 Å². The zero-order valence-electron chi connectivity index (χ0n) is 18.2. The van der Waals surface area contributed by atoms with E-state index in [1.807, 2.05) is 43.3 Å². The summed E-state index contributed by atoms with van der Waals surface area (Å²) in [5.74, 6) is -1.41. The Kier molecular flexibility index (Phi) is 6.08. The van der Waals surface area contributed by atoms with Crippen molar-refractivity contribution in [2.24, 2.45) is 5.92 Å². The molecule has 0 saturated carbocycles. The first kappa shape index (κ1) is 21.8. The maximum atomic E-state index is 13.9. The molecule has 0 aliphatic heterocycles. The van der Waals surface area contributed by atoms with E-state index in [-0.39, 0.29) is 11.7 Å². The molecule has 4 rings (SSSR count). The van der Waals surface area contributed by atoms with Gasteiger partial charge in [0.1, 0.15) is 0 Å². The van der Waals surface area contributed by atoms with E-state index in [0.29, 0.717) is 29.0 Å². The molecule has 0 amide bonds. The number of ketones is 1. The summed E-state index contributed by atoms with van der Waals surface area (Å²) >= 11 is 0. The molecule has 2 unspecified atom stereocenters. The van der Waals surface area contributed by atoms with E-state index >= 15 is 0 Å². The Hall–Kier alpha value is -3.47. The van der Waals surface area contributed by atoms with Gasteiger partial charge in [-0.15, -0.1) is 0 Å². The molecule has 2 atom stereocenters. The van der Waals surface area contributed by atoms with Crippen LogP contribution in [0.3, 0.4) is 0 Å². The van der Waals surface area contributed by atoms with E-state index in [4.69, 9.17) is 9.47 Å². The van der Waals surface area contributed by atoms with E-state index in [2.05, 4.69) is 0 Å². The minimum absolute atomic E-state index is 0.0267. The number of allylic oxidation sites excluding steroid dienone is 2. The van der Waals surface area contributed by atoms with Crippen LogP contribution in [0, 0.1) is 24.5 Å². The van der Waals surface area contributed by atoms with Crippen LogP contribution in [-0.2, 0) is 0 Å². The number of benzene rings is 3. The standard InChI is InChI=1S/C27H24F2O3/c1-16-6-4-7-18(12-16)26(30)22-14-19(17-10-11-23(28)24(29)15-17)13-21(22)20-8-5-9-25(31-2)27(20)32-3/h4-12,14-15,21-22H,13H2,1-3H3. The van der Waals surface area contributed by atoms with Crippen LogP contribution in [0.5, 0.6) is 11.5 Å². The van der Waals surface area contributed by atoms with Gasteiger partial charge in [0.15, 0.2) is 28.9 Å². The van der Waals surface area contributed by atoms with Crippen LogP contribution in [0.15, 0.2) is 66.7 Å². The molecule has 5 heteroatoms. The average Bonchev–Trinajstić information content (AvgIpc) is 3.25. The number of rotatable bonds is 6. The normalized spacial score (nSPS) is 17.7. The minimum atomic E-state index is -0.910. The fourth-order valence-corrected chi connectivity index (χ4v) is 4.43. The van der Waals surface area contributed by atoms with Crippen molar-refractivity contribution in [2.75, 3.05) is 14.2 Å². The van der Waals surface area contributed by atoms with Crippen LogP contribution in [0.2, 0.25) is 0 Å². The van der Waals surface area contributed by atoms with Crippen LogP contribution < -0.4 is 9.47 Å². The van der Waals surface area contributed by atoms with E-state index < -0.39 is 17.6 Å². The number of hydrogen-bond donors (Lipinski definition) is 0. The smallest absolute Gasteiger partial charge is 0.170 e. The van der Waals surface area contributed by atoms with Gasteiger partial charge in [0.2, 0.25) is 0 Å². The van der Waals surface area contributed by atoms with Crippen molar-refractivity contribution < 1.29 is 23.0 Å². The molecular formula is C27H24F2O3. The van der Waals surface area contributed by atoms with Crippen molar-refractivity contribution in [2.45, 2.75) is 19.3 Å². The maximum Gasteiger partial charge on any atom is 0.170 e. The molecule has 0 bridgehead atoms. The molecule has 0 N–H and O–H groups in total. The van der Waals surface area contributed by atoms with E-state index in [0.717, 1.165) is 22.8 Å². The Bertz CT molecular complexity index is 1200. The highest BCUT2D eigenvalue weighted by Gasteiger charge is 2.37.